The summed E-state index contributed by atoms with van der Waals surface area (Å²) in [5.41, 5.74) is 2.67. The standard InChI is InChI=1S/C29H32F2N6O2/c30-24-4-1-21(2-5-24)18-35-13-15-37(16-14-35)29(39)23-3-6-27(33-17-23)28(38)34-26-9-12-36(20-25(26)31)19-22-7-10-32-11-8-22/h1-8,10-11,17,25-26H,9,12-16,18-20H2,(H,34,38)/t25-,26+/m0/s1. The zero-order valence-corrected chi connectivity index (χ0v) is 21.7. The van der Waals surface area contributed by atoms with E-state index in [1.165, 1.54) is 24.4 Å². The summed E-state index contributed by atoms with van der Waals surface area (Å²) in [6, 6.07) is 12.8. The molecule has 2 fully saturated rings. The van der Waals surface area contributed by atoms with Gasteiger partial charge in [0.25, 0.3) is 11.8 Å². The number of nitrogens with zero attached hydrogens (tertiary/aromatic N) is 5. The Kier molecular flexibility index (Phi) is 8.53. The average molecular weight is 535 g/mol. The molecular formula is C29H32F2N6O2. The van der Waals surface area contributed by atoms with Crippen LogP contribution in [-0.2, 0) is 13.1 Å². The van der Waals surface area contributed by atoms with Gasteiger partial charge in [0.2, 0.25) is 0 Å². The van der Waals surface area contributed by atoms with Crippen LogP contribution in [0.3, 0.4) is 0 Å². The van der Waals surface area contributed by atoms with Crippen molar-refractivity contribution >= 4 is 11.8 Å². The molecule has 0 radical (unpaired) electrons. The molecule has 2 aliphatic rings. The van der Waals surface area contributed by atoms with Crippen LogP contribution in [0, 0.1) is 5.82 Å². The number of carbonyl (C=O) groups is 2. The predicted molar refractivity (Wildman–Crippen MR) is 142 cm³/mol. The van der Waals surface area contributed by atoms with Crippen LogP contribution in [0.15, 0.2) is 67.1 Å². The third-order valence-electron chi connectivity index (χ3n) is 7.32. The Bertz CT molecular complexity index is 1250. The fraction of sp³-hybridized carbons (Fsp3) is 0.379. The zero-order valence-electron chi connectivity index (χ0n) is 21.7. The van der Waals surface area contributed by atoms with E-state index in [1.807, 2.05) is 17.0 Å². The second kappa shape index (κ2) is 12.4. The van der Waals surface area contributed by atoms with Crippen molar-refractivity contribution in [1.82, 2.24) is 30.0 Å². The van der Waals surface area contributed by atoms with Gasteiger partial charge in [0.05, 0.1) is 11.6 Å². The molecule has 39 heavy (non-hydrogen) atoms. The largest absolute Gasteiger partial charge is 0.345 e. The molecule has 2 aromatic heterocycles. The molecule has 0 saturated carbocycles. The number of likely N-dealkylation sites (tertiary alicyclic amines) is 1. The van der Waals surface area contributed by atoms with Crippen molar-refractivity contribution in [3.8, 4) is 0 Å². The summed E-state index contributed by atoms with van der Waals surface area (Å²) in [5.74, 6) is -0.837. The minimum atomic E-state index is -1.19. The molecule has 1 N–H and O–H groups in total. The van der Waals surface area contributed by atoms with Crippen LogP contribution in [0.5, 0.6) is 0 Å². The second-order valence-electron chi connectivity index (χ2n) is 10.1. The molecule has 0 unspecified atom stereocenters. The van der Waals surface area contributed by atoms with Gasteiger partial charge in [-0.1, -0.05) is 12.1 Å². The Hall–Kier alpha value is -3.76. The Morgan fingerprint density at radius 1 is 0.872 bits per heavy atom. The summed E-state index contributed by atoms with van der Waals surface area (Å²) in [5, 5.41) is 2.77. The van der Waals surface area contributed by atoms with Gasteiger partial charge in [-0.3, -0.25) is 29.4 Å². The molecule has 0 aliphatic carbocycles. The van der Waals surface area contributed by atoms with E-state index < -0.39 is 18.1 Å². The highest BCUT2D eigenvalue weighted by atomic mass is 19.1. The molecule has 1 aromatic carbocycles. The number of piperidine rings is 1. The lowest BCUT2D eigenvalue weighted by atomic mass is 10.0. The number of rotatable bonds is 7. The summed E-state index contributed by atoms with van der Waals surface area (Å²) in [6.07, 6.45) is 4.17. The van der Waals surface area contributed by atoms with Crippen LogP contribution in [-0.4, -0.2) is 88.0 Å². The summed E-state index contributed by atoms with van der Waals surface area (Å²) in [4.78, 5) is 39.9. The highest BCUT2D eigenvalue weighted by molar-refractivity contribution is 5.96. The molecule has 2 amide bonds. The molecule has 2 saturated heterocycles. The maximum atomic E-state index is 14.9. The third kappa shape index (κ3) is 7.01. The number of halogens is 2. The number of alkyl halides is 1. The molecule has 204 valence electrons. The fourth-order valence-electron chi connectivity index (χ4n) is 5.06. The molecule has 3 aromatic rings. The van der Waals surface area contributed by atoms with Crippen molar-refractivity contribution in [2.24, 2.45) is 0 Å². The molecule has 0 bridgehead atoms. The van der Waals surface area contributed by atoms with Crippen LogP contribution in [0.2, 0.25) is 0 Å². The number of pyridine rings is 2. The second-order valence-corrected chi connectivity index (χ2v) is 10.1. The predicted octanol–water partition coefficient (Wildman–Crippen LogP) is 2.92. The van der Waals surface area contributed by atoms with Crippen molar-refractivity contribution in [2.45, 2.75) is 31.7 Å². The van der Waals surface area contributed by atoms with Gasteiger partial charge in [0.1, 0.15) is 17.7 Å². The van der Waals surface area contributed by atoms with E-state index in [2.05, 4.69) is 20.2 Å². The number of nitrogens with one attached hydrogen (secondary N) is 1. The summed E-state index contributed by atoms with van der Waals surface area (Å²) < 4.78 is 28.0. The topological polar surface area (TPSA) is 81.7 Å². The maximum Gasteiger partial charge on any atom is 0.270 e. The molecule has 2 aliphatic heterocycles. The van der Waals surface area contributed by atoms with Gasteiger partial charge in [-0.05, 0) is 53.9 Å². The van der Waals surface area contributed by atoms with E-state index in [1.54, 1.807) is 35.5 Å². The van der Waals surface area contributed by atoms with E-state index >= 15 is 0 Å². The number of aromatic nitrogens is 2. The first-order chi connectivity index (χ1) is 18.9. The minimum absolute atomic E-state index is 0.138. The van der Waals surface area contributed by atoms with Crippen LogP contribution < -0.4 is 5.32 Å². The fourth-order valence-corrected chi connectivity index (χ4v) is 5.06. The number of carbonyl (C=O) groups excluding carboxylic acids is 2. The lowest BCUT2D eigenvalue weighted by Gasteiger charge is -2.35. The first kappa shape index (κ1) is 26.8. The minimum Gasteiger partial charge on any atom is -0.345 e. The lowest BCUT2D eigenvalue weighted by Crippen LogP contribution is -2.52. The van der Waals surface area contributed by atoms with Crippen molar-refractivity contribution in [2.75, 3.05) is 39.3 Å². The Morgan fingerprint density at radius 2 is 1.56 bits per heavy atom. The highest BCUT2D eigenvalue weighted by Crippen LogP contribution is 2.18. The Labute approximate surface area is 226 Å². The van der Waals surface area contributed by atoms with Crippen molar-refractivity contribution in [1.29, 1.82) is 0 Å². The molecule has 4 heterocycles. The summed E-state index contributed by atoms with van der Waals surface area (Å²) in [7, 11) is 0. The highest BCUT2D eigenvalue weighted by Gasteiger charge is 2.31. The van der Waals surface area contributed by atoms with Crippen molar-refractivity contribution < 1.29 is 18.4 Å². The van der Waals surface area contributed by atoms with Crippen LogP contribution in [0.1, 0.15) is 38.4 Å². The van der Waals surface area contributed by atoms with E-state index in [4.69, 9.17) is 0 Å². The number of piperazine rings is 1. The molecule has 5 rings (SSSR count). The number of benzene rings is 1. The van der Waals surface area contributed by atoms with Crippen LogP contribution in [0.4, 0.5) is 8.78 Å². The molecule has 10 heteroatoms. The summed E-state index contributed by atoms with van der Waals surface area (Å²) in [6.45, 7) is 4.82. The third-order valence-corrected chi connectivity index (χ3v) is 7.32. The first-order valence-corrected chi connectivity index (χ1v) is 13.2. The Balaban J connectivity index is 1.08. The smallest absolute Gasteiger partial charge is 0.270 e. The van der Waals surface area contributed by atoms with E-state index in [-0.39, 0.29) is 24.0 Å². The monoisotopic (exact) mass is 534 g/mol. The van der Waals surface area contributed by atoms with Gasteiger partial charge in [0, 0.05) is 70.9 Å². The van der Waals surface area contributed by atoms with Gasteiger partial charge in [-0.15, -0.1) is 0 Å². The Morgan fingerprint density at radius 3 is 2.23 bits per heavy atom. The van der Waals surface area contributed by atoms with Crippen molar-refractivity contribution in [3.05, 3.63) is 95.3 Å². The van der Waals surface area contributed by atoms with E-state index in [9.17, 15) is 18.4 Å². The normalized spacial score (nSPS) is 20.5. The average Bonchev–Trinajstić information content (AvgIpc) is 2.96. The van der Waals surface area contributed by atoms with Gasteiger partial charge >= 0.3 is 0 Å². The number of hydrogen-bond acceptors (Lipinski definition) is 6. The number of amides is 2. The van der Waals surface area contributed by atoms with Gasteiger partial charge in [-0.2, -0.15) is 0 Å². The van der Waals surface area contributed by atoms with Crippen LogP contribution >= 0.6 is 0 Å². The van der Waals surface area contributed by atoms with Gasteiger partial charge in [-0.25, -0.2) is 8.78 Å². The van der Waals surface area contributed by atoms with Crippen LogP contribution in [0.25, 0.3) is 0 Å². The molecule has 8 nitrogen and oxygen atoms in total. The van der Waals surface area contributed by atoms with Crippen molar-refractivity contribution in [3.63, 3.8) is 0 Å². The van der Waals surface area contributed by atoms with Gasteiger partial charge < -0.3 is 10.2 Å². The zero-order chi connectivity index (χ0) is 27.2. The first-order valence-electron chi connectivity index (χ1n) is 13.2. The SMILES string of the molecule is O=C(N[C@@H]1CCN(Cc2ccncc2)C[C@@H]1F)c1ccc(C(=O)N2CCN(Cc3ccc(F)cc3)CC2)cn1. The maximum absolute atomic E-state index is 14.9. The van der Waals surface area contributed by atoms with E-state index in [0.29, 0.717) is 57.8 Å². The molecule has 2 atom stereocenters. The number of hydrogen-bond donors (Lipinski definition) is 1. The summed E-state index contributed by atoms with van der Waals surface area (Å²) >= 11 is 0. The lowest BCUT2D eigenvalue weighted by molar-refractivity contribution is 0.0627. The van der Waals surface area contributed by atoms with E-state index in [0.717, 1.165) is 11.1 Å². The quantitative estimate of drug-likeness (QED) is 0.502. The molecule has 0 spiro atoms. The van der Waals surface area contributed by atoms with Gasteiger partial charge in [0.15, 0.2) is 0 Å². The molecular weight excluding hydrogens is 502 g/mol.